The lowest BCUT2D eigenvalue weighted by Gasteiger charge is -2.29. The summed E-state index contributed by atoms with van der Waals surface area (Å²) in [6.45, 7) is 3.10. The maximum Gasteiger partial charge on any atom is 0.242 e. The van der Waals surface area contributed by atoms with Gasteiger partial charge >= 0.3 is 0 Å². The number of benzene rings is 1. The zero-order valence-corrected chi connectivity index (χ0v) is 21.3. The van der Waals surface area contributed by atoms with Crippen LogP contribution in [0.2, 0.25) is 5.15 Å². The van der Waals surface area contributed by atoms with Crippen molar-refractivity contribution in [1.29, 1.82) is 0 Å². The molecule has 0 radical (unpaired) electrons. The maximum absolute atomic E-state index is 12.4. The Morgan fingerprint density at radius 1 is 1.16 bits per heavy atom. The molecule has 1 aliphatic heterocycles. The number of methoxy groups -OCH3 is 2. The van der Waals surface area contributed by atoms with Crippen LogP contribution >= 0.6 is 39.9 Å². The first kappa shape index (κ1) is 26.2. The Hall–Kier alpha value is -1.10. The fourth-order valence-corrected chi connectivity index (χ4v) is 5.08. The van der Waals surface area contributed by atoms with Crippen molar-refractivity contribution in [1.82, 2.24) is 14.6 Å². The number of rotatable bonds is 9. The monoisotopic (exact) mass is 553 g/mol. The average Bonchev–Trinajstić information content (AvgIpc) is 2.74. The minimum atomic E-state index is -3.60. The van der Waals surface area contributed by atoms with Gasteiger partial charge in [-0.3, -0.25) is 4.90 Å². The molecule has 2 heterocycles. The summed E-state index contributed by atoms with van der Waals surface area (Å²) in [7, 11) is -0.307. The average molecular weight is 555 g/mol. The molecule has 1 aliphatic rings. The van der Waals surface area contributed by atoms with Crippen LogP contribution < -0.4 is 14.2 Å². The van der Waals surface area contributed by atoms with Crippen molar-refractivity contribution in [3.05, 3.63) is 45.1 Å². The number of unbranched alkanes of at least 4 members (excludes halogenated alkanes) is 1. The Morgan fingerprint density at radius 3 is 2.48 bits per heavy atom. The van der Waals surface area contributed by atoms with Gasteiger partial charge < -0.3 is 9.47 Å². The number of nitrogens with zero attached hydrogens (tertiary/aromatic N) is 2. The lowest BCUT2D eigenvalue weighted by molar-refractivity contribution is 0.248. The minimum Gasteiger partial charge on any atom is -0.493 e. The molecule has 0 saturated heterocycles. The fourth-order valence-electron chi connectivity index (χ4n) is 3.43. The first-order valence-electron chi connectivity index (χ1n) is 9.61. The van der Waals surface area contributed by atoms with E-state index in [-0.39, 0.29) is 22.5 Å². The lowest BCUT2D eigenvalue weighted by Crippen LogP contribution is -2.32. The molecule has 172 valence electrons. The van der Waals surface area contributed by atoms with E-state index in [1.165, 1.54) is 23.4 Å². The van der Waals surface area contributed by atoms with Crippen LogP contribution in [0, 0.1) is 0 Å². The van der Waals surface area contributed by atoms with Gasteiger partial charge in [-0.25, -0.2) is 18.1 Å². The van der Waals surface area contributed by atoms with Gasteiger partial charge in [0.15, 0.2) is 11.5 Å². The van der Waals surface area contributed by atoms with Crippen molar-refractivity contribution in [2.45, 2.75) is 30.7 Å². The van der Waals surface area contributed by atoms with E-state index < -0.39 is 10.0 Å². The Labute approximate surface area is 203 Å². The molecule has 1 N–H and O–H groups in total. The Kier molecular flexibility index (Phi) is 9.85. The molecule has 2 aromatic rings. The topological polar surface area (TPSA) is 80.8 Å². The van der Waals surface area contributed by atoms with E-state index >= 15 is 0 Å². The van der Waals surface area contributed by atoms with Crippen molar-refractivity contribution < 1.29 is 17.9 Å². The number of fused-ring (bicyclic) bond motifs is 1. The second kappa shape index (κ2) is 11.7. The first-order chi connectivity index (χ1) is 14.3. The number of nitrogens with one attached hydrogen (secondary N) is 1. The second-order valence-electron chi connectivity index (χ2n) is 7.05. The van der Waals surface area contributed by atoms with Crippen molar-refractivity contribution in [3.63, 3.8) is 0 Å². The summed E-state index contributed by atoms with van der Waals surface area (Å²) < 4.78 is 38.6. The molecule has 3 rings (SSSR count). The predicted molar refractivity (Wildman–Crippen MR) is 127 cm³/mol. The summed E-state index contributed by atoms with van der Waals surface area (Å²) in [5, 5.41) is 0.230. The first-order valence-corrected chi connectivity index (χ1v) is 12.3. The highest BCUT2D eigenvalue weighted by atomic mass is 79.9. The summed E-state index contributed by atoms with van der Waals surface area (Å²) in [4.78, 5) is 6.34. The Morgan fingerprint density at radius 2 is 1.84 bits per heavy atom. The van der Waals surface area contributed by atoms with Crippen LogP contribution in [-0.2, 0) is 23.0 Å². The van der Waals surface area contributed by atoms with Gasteiger partial charge in [-0.2, -0.15) is 0 Å². The minimum absolute atomic E-state index is 0. The number of ether oxygens (including phenoxy) is 2. The predicted octanol–water partition coefficient (Wildman–Crippen LogP) is 4.05. The number of hydrogen-bond donors (Lipinski definition) is 1. The SMILES string of the molecule is COc1cc2c(cc1OC)CN(CCCCNS(=O)(=O)c1cnc(Cl)c(Br)c1)CC2.Cl. The van der Waals surface area contributed by atoms with Crippen molar-refractivity contribution in [2.75, 3.05) is 33.9 Å². The molecule has 0 unspecified atom stereocenters. The van der Waals surface area contributed by atoms with Crippen LogP contribution in [0.4, 0.5) is 0 Å². The van der Waals surface area contributed by atoms with Gasteiger partial charge in [0.1, 0.15) is 10.0 Å². The molecule has 0 atom stereocenters. The third-order valence-corrected chi connectivity index (χ3v) is 7.63. The normalized spacial score (nSPS) is 13.9. The quantitative estimate of drug-likeness (QED) is 0.372. The highest BCUT2D eigenvalue weighted by Gasteiger charge is 2.19. The van der Waals surface area contributed by atoms with Crippen LogP contribution in [0.5, 0.6) is 11.5 Å². The van der Waals surface area contributed by atoms with Crippen LogP contribution in [0.1, 0.15) is 24.0 Å². The molecule has 31 heavy (non-hydrogen) atoms. The second-order valence-corrected chi connectivity index (χ2v) is 10.0. The van der Waals surface area contributed by atoms with E-state index in [9.17, 15) is 8.42 Å². The van der Waals surface area contributed by atoms with Gasteiger partial charge in [-0.15, -0.1) is 12.4 Å². The lowest BCUT2D eigenvalue weighted by atomic mass is 9.98. The fraction of sp³-hybridized carbons (Fsp3) is 0.450. The number of aromatic nitrogens is 1. The largest absolute Gasteiger partial charge is 0.493 e. The standard InChI is InChI=1S/C20H25BrClN3O4S.ClH/c1-28-18-9-14-5-8-25(13-15(14)10-19(18)29-2)7-4-3-6-24-30(26,27)16-11-17(21)20(22)23-12-16;/h9-12,24H,3-8,13H2,1-2H3;1H. The third-order valence-electron chi connectivity index (χ3n) is 5.07. The van der Waals surface area contributed by atoms with E-state index in [1.807, 2.05) is 6.07 Å². The molecule has 1 aromatic heterocycles. The van der Waals surface area contributed by atoms with Gasteiger partial charge in [0.05, 0.1) is 18.7 Å². The summed E-state index contributed by atoms with van der Waals surface area (Å²) in [5.41, 5.74) is 2.54. The molecule has 0 spiro atoms. The van der Waals surface area contributed by atoms with Crippen LogP contribution in [-0.4, -0.2) is 52.2 Å². The summed E-state index contributed by atoms with van der Waals surface area (Å²) >= 11 is 9.02. The Balaban J connectivity index is 0.00000341. The van der Waals surface area contributed by atoms with Gasteiger partial charge in [0.2, 0.25) is 10.0 Å². The maximum atomic E-state index is 12.4. The van der Waals surface area contributed by atoms with Crippen molar-refractivity contribution in [3.8, 4) is 11.5 Å². The van der Waals surface area contributed by atoms with E-state index in [1.54, 1.807) is 14.2 Å². The molecule has 0 fully saturated rings. The molecular weight excluding hydrogens is 529 g/mol. The molecule has 0 bridgehead atoms. The van der Waals surface area contributed by atoms with E-state index in [4.69, 9.17) is 21.1 Å². The highest BCUT2D eigenvalue weighted by molar-refractivity contribution is 9.10. The van der Waals surface area contributed by atoms with Gasteiger partial charge in [-0.05, 0) is 71.1 Å². The van der Waals surface area contributed by atoms with E-state index in [0.29, 0.717) is 11.0 Å². The molecule has 1 aromatic carbocycles. The van der Waals surface area contributed by atoms with Crippen molar-refractivity contribution >= 4 is 50.0 Å². The van der Waals surface area contributed by atoms with Crippen LogP contribution in [0.25, 0.3) is 0 Å². The highest BCUT2D eigenvalue weighted by Crippen LogP contribution is 2.33. The molecule has 11 heteroatoms. The van der Waals surface area contributed by atoms with E-state index in [2.05, 4.69) is 36.6 Å². The van der Waals surface area contributed by atoms with Gasteiger partial charge in [0.25, 0.3) is 0 Å². The van der Waals surface area contributed by atoms with Gasteiger partial charge in [0, 0.05) is 25.8 Å². The number of pyridine rings is 1. The summed E-state index contributed by atoms with van der Waals surface area (Å²) in [6, 6.07) is 5.56. The van der Waals surface area contributed by atoms with E-state index in [0.717, 1.165) is 50.4 Å². The van der Waals surface area contributed by atoms with Crippen LogP contribution in [0.3, 0.4) is 0 Å². The summed E-state index contributed by atoms with van der Waals surface area (Å²) in [5.74, 6) is 1.51. The number of sulfonamides is 1. The molecular formula is C20H26BrCl2N3O4S. The molecule has 0 amide bonds. The zero-order valence-electron chi connectivity index (χ0n) is 17.4. The van der Waals surface area contributed by atoms with Gasteiger partial charge in [-0.1, -0.05) is 11.6 Å². The summed E-state index contributed by atoms with van der Waals surface area (Å²) in [6.07, 6.45) is 3.86. The number of halogens is 3. The Bertz CT molecular complexity index is 1010. The number of hydrogen-bond acceptors (Lipinski definition) is 6. The van der Waals surface area contributed by atoms with Crippen molar-refractivity contribution in [2.24, 2.45) is 0 Å². The van der Waals surface area contributed by atoms with Crippen LogP contribution in [0.15, 0.2) is 33.8 Å². The molecule has 0 saturated carbocycles. The smallest absolute Gasteiger partial charge is 0.242 e. The molecule has 0 aliphatic carbocycles. The zero-order chi connectivity index (χ0) is 21.7. The molecule has 7 nitrogen and oxygen atoms in total. The third kappa shape index (κ3) is 6.69.